The van der Waals surface area contributed by atoms with Crippen molar-refractivity contribution in [3.05, 3.63) is 0 Å². The van der Waals surface area contributed by atoms with Gasteiger partial charge in [0, 0.05) is 0 Å². The number of carboxylic acid groups (broad SMARTS) is 1. The summed E-state index contributed by atoms with van der Waals surface area (Å²) in [5.41, 5.74) is 0. The fraction of sp³-hybridized carbons (Fsp3) is 0.941. The van der Waals surface area contributed by atoms with Crippen LogP contribution in [0.1, 0.15) is 90.9 Å². The largest absolute Gasteiger partial charge is 0.480 e. The average molecular weight is 285 g/mol. The van der Waals surface area contributed by atoms with E-state index in [0.717, 1.165) is 25.8 Å². The molecule has 2 N–H and O–H groups in total. The Morgan fingerprint density at radius 3 is 1.90 bits per heavy atom. The molecular formula is C17H35NO2. The van der Waals surface area contributed by atoms with Crippen LogP contribution in [0.15, 0.2) is 0 Å². The highest BCUT2D eigenvalue weighted by atomic mass is 16.4. The van der Waals surface area contributed by atoms with Crippen LogP contribution in [0, 0.1) is 0 Å². The molecule has 3 heteroatoms. The third kappa shape index (κ3) is 12.5. The zero-order valence-corrected chi connectivity index (χ0v) is 13.6. The molecule has 20 heavy (non-hydrogen) atoms. The van der Waals surface area contributed by atoms with Gasteiger partial charge in [-0.1, -0.05) is 78.1 Å². The van der Waals surface area contributed by atoms with E-state index in [1.165, 1.54) is 57.8 Å². The van der Waals surface area contributed by atoms with Gasteiger partial charge in [0.25, 0.3) is 0 Å². The molecule has 0 fully saturated rings. The summed E-state index contributed by atoms with van der Waals surface area (Å²) in [4.78, 5) is 11.1. The Balaban J connectivity index is 3.48. The zero-order chi connectivity index (χ0) is 15.1. The monoisotopic (exact) mass is 285 g/mol. The van der Waals surface area contributed by atoms with E-state index in [4.69, 9.17) is 5.11 Å². The summed E-state index contributed by atoms with van der Waals surface area (Å²) in [7, 11) is 0. The normalized spacial score (nSPS) is 12.5. The van der Waals surface area contributed by atoms with E-state index in [0.29, 0.717) is 0 Å². The van der Waals surface area contributed by atoms with Gasteiger partial charge in [-0.2, -0.15) is 0 Å². The maximum atomic E-state index is 11.1. The second-order valence-corrected chi connectivity index (χ2v) is 5.82. The minimum Gasteiger partial charge on any atom is -0.480 e. The molecule has 3 nitrogen and oxygen atoms in total. The molecule has 0 rings (SSSR count). The molecule has 0 heterocycles. The number of rotatable bonds is 15. The Morgan fingerprint density at radius 1 is 0.850 bits per heavy atom. The Morgan fingerprint density at radius 2 is 1.35 bits per heavy atom. The molecule has 0 saturated heterocycles. The predicted octanol–water partition coefficient (Wildman–Crippen LogP) is 4.75. The Labute approximate surface area is 125 Å². The molecule has 0 radical (unpaired) electrons. The summed E-state index contributed by atoms with van der Waals surface area (Å²) in [6.07, 6.45) is 14.3. The molecule has 0 amide bonds. The minimum atomic E-state index is -0.690. The maximum absolute atomic E-state index is 11.1. The lowest BCUT2D eigenvalue weighted by Gasteiger charge is -2.14. The molecule has 0 spiro atoms. The van der Waals surface area contributed by atoms with Gasteiger partial charge in [0.05, 0.1) is 0 Å². The molecule has 0 aromatic carbocycles. The highest BCUT2D eigenvalue weighted by molar-refractivity contribution is 5.73. The fourth-order valence-corrected chi connectivity index (χ4v) is 2.45. The summed E-state index contributed by atoms with van der Waals surface area (Å²) in [5, 5.41) is 12.3. The number of aliphatic carboxylic acids is 1. The SMILES string of the molecule is CCCCCCCCCCC(NCCCCC)C(=O)O. The van der Waals surface area contributed by atoms with Crippen molar-refractivity contribution in [3.8, 4) is 0 Å². The van der Waals surface area contributed by atoms with Gasteiger partial charge >= 0.3 is 5.97 Å². The van der Waals surface area contributed by atoms with E-state index in [2.05, 4.69) is 19.2 Å². The second kappa shape index (κ2) is 14.8. The number of hydrogen-bond acceptors (Lipinski definition) is 2. The quantitative estimate of drug-likeness (QED) is 0.427. The number of hydrogen-bond donors (Lipinski definition) is 2. The molecule has 0 aliphatic rings. The van der Waals surface area contributed by atoms with Crippen molar-refractivity contribution in [2.75, 3.05) is 6.54 Å². The van der Waals surface area contributed by atoms with Crippen molar-refractivity contribution in [1.82, 2.24) is 5.32 Å². The van der Waals surface area contributed by atoms with E-state index in [1.807, 2.05) is 0 Å². The molecule has 120 valence electrons. The lowest BCUT2D eigenvalue weighted by Crippen LogP contribution is -2.37. The summed E-state index contributed by atoms with van der Waals surface area (Å²) < 4.78 is 0. The van der Waals surface area contributed by atoms with Crippen LogP contribution in [-0.2, 0) is 4.79 Å². The Kier molecular flexibility index (Phi) is 14.4. The third-order valence-corrected chi connectivity index (χ3v) is 3.82. The average Bonchev–Trinajstić information content (AvgIpc) is 2.43. The van der Waals surface area contributed by atoms with Crippen molar-refractivity contribution >= 4 is 5.97 Å². The summed E-state index contributed by atoms with van der Waals surface area (Å²) in [6, 6.07) is -0.341. The van der Waals surface area contributed by atoms with Crippen LogP contribution in [-0.4, -0.2) is 23.7 Å². The first kappa shape index (κ1) is 19.4. The molecule has 0 aliphatic heterocycles. The summed E-state index contributed by atoms with van der Waals surface area (Å²) >= 11 is 0. The summed E-state index contributed by atoms with van der Waals surface area (Å²) in [5.74, 6) is -0.690. The number of unbranched alkanes of at least 4 members (excludes halogenated alkanes) is 9. The lowest BCUT2D eigenvalue weighted by molar-refractivity contribution is -0.139. The highest BCUT2D eigenvalue weighted by Crippen LogP contribution is 2.11. The van der Waals surface area contributed by atoms with E-state index >= 15 is 0 Å². The smallest absolute Gasteiger partial charge is 0.320 e. The van der Waals surface area contributed by atoms with E-state index in [9.17, 15) is 4.79 Å². The van der Waals surface area contributed by atoms with Gasteiger partial charge in [0.2, 0.25) is 0 Å². The van der Waals surface area contributed by atoms with Crippen LogP contribution in [0.2, 0.25) is 0 Å². The van der Waals surface area contributed by atoms with Crippen LogP contribution in [0.4, 0.5) is 0 Å². The lowest BCUT2D eigenvalue weighted by atomic mass is 10.0. The Bertz CT molecular complexity index is 219. The van der Waals surface area contributed by atoms with Gasteiger partial charge in [-0.25, -0.2) is 0 Å². The number of carbonyl (C=O) groups is 1. The third-order valence-electron chi connectivity index (χ3n) is 3.82. The first-order valence-corrected chi connectivity index (χ1v) is 8.68. The number of carboxylic acids is 1. The van der Waals surface area contributed by atoms with Crippen molar-refractivity contribution in [3.63, 3.8) is 0 Å². The molecule has 0 aliphatic carbocycles. The highest BCUT2D eigenvalue weighted by Gasteiger charge is 2.15. The molecule has 0 saturated carbocycles. The number of nitrogens with one attached hydrogen (secondary N) is 1. The first-order chi connectivity index (χ1) is 9.72. The van der Waals surface area contributed by atoms with Crippen molar-refractivity contribution in [2.24, 2.45) is 0 Å². The van der Waals surface area contributed by atoms with Crippen molar-refractivity contribution in [1.29, 1.82) is 0 Å². The van der Waals surface area contributed by atoms with Gasteiger partial charge in [0.15, 0.2) is 0 Å². The van der Waals surface area contributed by atoms with Gasteiger partial charge < -0.3 is 10.4 Å². The van der Waals surface area contributed by atoms with Crippen molar-refractivity contribution < 1.29 is 9.90 Å². The van der Waals surface area contributed by atoms with E-state index in [-0.39, 0.29) is 6.04 Å². The molecule has 0 aromatic heterocycles. The predicted molar refractivity (Wildman–Crippen MR) is 86.2 cm³/mol. The van der Waals surface area contributed by atoms with Gasteiger partial charge in [-0.15, -0.1) is 0 Å². The summed E-state index contributed by atoms with van der Waals surface area (Å²) in [6.45, 7) is 5.23. The van der Waals surface area contributed by atoms with Gasteiger partial charge in [0.1, 0.15) is 6.04 Å². The van der Waals surface area contributed by atoms with Crippen LogP contribution < -0.4 is 5.32 Å². The second-order valence-electron chi connectivity index (χ2n) is 5.82. The zero-order valence-electron chi connectivity index (χ0n) is 13.6. The fourth-order valence-electron chi connectivity index (χ4n) is 2.45. The molecule has 0 aromatic rings. The Hall–Kier alpha value is -0.570. The van der Waals surface area contributed by atoms with Crippen LogP contribution in [0.3, 0.4) is 0 Å². The van der Waals surface area contributed by atoms with Crippen LogP contribution in [0.5, 0.6) is 0 Å². The van der Waals surface area contributed by atoms with Gasteiger partial charge in [-0.05, 0) is 19.4 Å². The standard InChI is InChI=1S/C17H35NO2/c1-3-5-7-8-9-10-11-12-14-16(17(19)20)18-15-13-6-4-2/h16,18H,3-15H2,1-2H3,(H,19,20). The molecular weight excluding hydrogens is 250 g/mol. The van der Waals surface area contributed by atoms with E-state index < -0.39 is 5.97 Å². The molecule has 0 bridgehead atoms. The topological polar surface area (TPSA) is 49.3 Å². The van der Waals surface area contributed by atoms with Gasteiger partial charge in [-0.3, -0.25) is 4.79 Å². The van der Waals surface area contributed by atoms with Crippen LogP contribution in [0.25, 0.3) is 0 Å². The minimum absolute atomic E-state index is 0.341. The van der Waals surface area contributed by atoms with Crippen LogP contribution >= 0.6 is 0 Å². The molecule has 1 atom stereocenters. The van der Waals surface area contributed by atoms with Crippen molar-refractivity contribution in [2.45, 2.75) is 96.9 Å². The molecule has 1 unspecified atom stereocenters. The van der Waals surface area contributed by atoms with E-state index in [1.54, 1.807) is 0 Å². The first-order valence-electron chi connectivity index (χ1n) is 8.68. The maximum Gasteiger partial charge on any atom is 0.320 e.